The maximum absolute atomic E-state index is 12.2. The highest BCUT2D eigenvalue weighted by atomic mass is 16.8. The predicted octanol–water partition coefficient (Wildman–Crippen LogP) is -3.10. The molecule has 0 aromatic carbocycles. The molecule has 1 heterocycles. The predicted molar refractivity (Wildman–Crippen MR) is 99.9 cm³/mol. The first-order chi connectivity index (χ1) is 14.7. The Morgan fingerprint density at radius 1 is 1.26 bits per heavy atom. The number of rotatable bonds is 14. The van der Waals surface area contributed by atoms with E-state index >= 15 is 0 Å². The molecule has 1 fully saturated rings. The highest BCUT2D eigenvalue weighted by Gasteiger charge is 2.51. The number of amides is 1. The van der Waals surface area contributed by atoms with Crippen molar-refractivity contribution in [3.05, 3.63) is 0 Å². The summed E-state index contributed by atoms with van der Waals surface area (Å²) in [6.07, 6.45) is -7.30. The van der Waals surface area contributed by atoms with E-state index in [2.05, 4.69) is 10.1 Å². The SMILES string of the molecule is CCCOCCOC(=O)CCC(=O)NC1C(O)CC(O)(OC=O)OC1C(O)C(O)CO. The van der Waals surface area contributed by atoms with Gasteiger partial charge in [0.25, 0.3) is 6.47 Å². The monoisotopic (exact) mass is 453 g/mol. The Morgan fingerprint density at radius 2 is 1.97 bits per heavy atom. The van der Waals surface area contributed by atoms with Crippen LogP contribution in [0.5, 0.6) is 0 Å². The number of nitrogens with one attached hydrogen (secondary N) is 1. The molecule has 6 N–H and O–H groups in total. The topological polar surface area (TPSA) is 201 Å². The van der Waals surface area contributed by atoms with Gasteiger partial charge in [0.2, 0.25) is 5.91 Å². The van der Waals surface area contributed by atoms with Crippen LogP contribution in [0.1, 0.15) is 32.6 Å². The van der Waals surface area contributed by atoms with Crippen LogP contribution in [0.2, 0.25) is 0 Å². The van der Waals surface area contributed by atoms with Gasteiger partial charge in [-0.05, 0) is 6.42 Å². The Hall–Kier alpha value is -1.87. The largest absolute Gasteiger partial charge is 0.463 e. The lowest BCUT2D eigenvalue weighted by atomic mass is 9.91. The van der Waals surface area contributed by atoms with Gasteiger partial charge in [0.15, 0.2) is 0 Å². The quantitative estimate of drug-likeness (QED) is 0.0670. The van der Waals surface area contributed by atoms with Gasteiger partial charge in [-0.3, -0.25) is 14.4 Å². The van der Waals surface area contributed by atoms with Gasteiger partial charge in [-0.15, -0.1) is 0 Å². The van der Waals surface area contributed by atoms with Crippen LogP contribution < -0.4 is 5.32 Å². The molecule has 0 saturated carbocycles. The fourth-order valence-corrected chi connectivity index (χ4v) is 2.89. The summed E-state index contributed by atoms with van der Waals surface area (Å²) < 4.78 is 19.5. The van der Waals surface area contributed by atoms with E-state index in [0.717, 1.165) is 6.42 Å². The second-order valence-corrected chi connectivity index (χ2v) is 6.95. The summed E-state index contributed by atoms with van der Waals surface area (Å²) in [7, 11) is 0. The molecule has 1 saturated heterocycles. The molecule has 6 unspecified atom stereocenters. The van der Waals surface area contributed by atoms with Crippen molar-refractivity contribution < 1.29 is 58.9 Å². The van der Waals surface area contributed by atoms with Gasteiger partial charge in [0.05, 0.1) is 38.2 Å². The Labute approximate surface area is 178 Å². The number of hydrogen-bond acceptors (Lipinski definition) is 12. The summed E-state index contributed by atoms with van der Waals surface area (Å²) >= 11 is 0. The zero-order valence-electron chi connectivity index (χ0n) is 17.2. The fraction of sp³-hybridized carbons (Fsp3) is 0.833. The summed E-state index contributed by atoms with van der Waals surface area (Å²) in [6.45, 7) is 1.71. The minimum atomic E-state index is -2.62. The van der Waals surface area contributed by atoms with E-state index in [1.54, 1.807) is 0 Å². The van der Waals surface area contributed by atoms with E-state index in [9.17, 15) is 34.8 Å². The van der Waals surface area contributed by atoms with Crippen molar-refractivity contribution in [2.24, 2.45) is 0 Å². The molecule has 0 spiro atoms. The average molecular weight is 453 g/mol. The van der Waals surface area contributed by atoms with Crippen LogP contribution in [0, 0.1) is 0 Å². The molecule has 31 heavy (non-hydrogen) atoms. The second kappa shape index (κ2) is 13.5. The standard InChI is InChI=1S/C18H31NO12/c1-2-5-28-6-7-29-14(25)4-3-13(24)19-15-11(22)8-18(27,30-10-21)31-17(15)16(26)12(23)9-20/h10-12,15-17,20,22-23,26-27H,2-9H2,1H3,(H,19,24). The van der Waals surface area contributed by atoms with Gasteiger partial charge in [-0.25, -0.2) is 0 Å². The second-order valence-electron chi connectivity index (χ2n) is 6.95. The fourth-order valence-electron chi connectivity index (χ4n) is 2.89. The first-order valence-electron chi connectivity index (χ1n) is 9.86. The van der Waals surface area contributed by atoms with Gasteiger partial charge in [-0.1, -0.05) is 6.92 Å². The van der Waals surface area contributed by atoms with Crippen molar-refractivity contribution in [2.75, 3.05) is 26.4 Å². The van der Waals surface area contributed by atoms with Gasteiger partial charge < -0.3 is 49.8 Å². The number of carbonyl (C=O) groups is 3. The van der Waals surface area contributed by atoms with Crippen molar-refractivity contribution in [1.82, 2.24) is 5.32 Å². The van der Waals surface area contributed by atoms with Crippen molar-refractivity contribution in [1.29, 1.82) is 0 Å². The molecule has 1 aliphatic heterocycles. The third-order valence-electron chi connectivity index (χ3n) is 4.43. The van der Waals surface area contributed by atoms with Crippen LogP contribution in [-0.4, -0.2) is 107 Å². The summed E-state index contributed by atoms with van der Waals surface area (Å²) in [5.41, 5.74) is 0. The van der Waals surface area contributed by atoms with E-state index < -0.39 is 61.3 Å². The molecule has 0 aliphatic carbocycles. The number of ether oxygens (including phenoxy) is 4. The van der Waals surface area contributed by atoms with Crippen molar-refractivity contribution in [3.8, 4) is 0 Å². The average Bonchev–Trinajstić information content (AvgIpc) is 2.72. The highest BCUT2D eigenvalue weighted by molar-refractivity contribution is 5.81. The maximum Gasteiger partial charge on any atom is 0.329 e. The summed E-state index contributed by atoms with van der Waals surface area (Å²) in [5, 5.41) is 51.7. The smallest absolute Gasteiger partial charge is 0.329 e. The van der Waals surface area contributed by atoms with Crippen LogP contribution >= 0.6 is 0 Å². The molecule has 1 aliphatic rings. The van der Waals surface area contributed by atoms with Crippen molar-refractivity contribution in [3.63, 3.8) is 0 Å². The normalized spacial score (nSPS) is 27.7. The lowest BCUT2D eigenvalue weighted by Crippen LogP contribution is -2.66. The van der Waals surface area contributed by atoms with E-state index in [1.807, 2.05) is 6.92 Å². The molecular formula is C18H31NO12. The maximum atomic E-state index is 12.2. The minimum absolute atomic E-state index is 0.0399. The van der Waals surface area contributed by atoms with Gasteiger partial charge in [0, 0.05) is 13.0 Å². The molecule has 0 radical (unpaired) electrons. The Morgan fingerprint density at radius 3 is 2.58 bits per heavy atom. The highest BCUT2D eigenvalue weighted by Crippen LogP contribution is 2.30. The van der Waals surface area contributed by atoms with Crippen LogP contribution in [0.15, 0.2) is 0 Å². The van der Waals surface area contributed by atoms with E-state index in [-0.39, 0.29) is 32.5 Å². The van der Waals surface area contributed by atoms with E-state index in [4.69, 9.17) is 19.3 Å². The van der Waals surface area contributed by atoms with Crippen LogP contribution in [-0.2, 0) is 33.3 Å². The molecule has 13 heteroatoms. The Balaban J connectivity index is 2.66. The van der Waals surface area contributed by atoms with Gasteiger partial charge in [0.1, 0.15) is 24.9 Å². The minimum Gasteiger partial charge on any atom is -0.463 e. The summed E-state index contributed by atoms with van der Waals surface area (Å²) in [6, 6.07) is -1.36. The summed E-state index contributed by atoms with van der Waals surface area (Å²) in [4.78, 5) is 34.5. The number of aliphatic hydroxyl groups excluding tert-OH is 4. The van der Waals surface area contributed by atoms with Crippen LogP contribution in [0.3, 0.4) is 0 Å². The molecule has 1 rings (SSSR count). The van der Waals surface area contributed by atoms with Crippen LogP contribution in [0.4, 0.5) is 0 Å². The van der Waals surface area contributed by atoms with Crippen LogP contribution in [0.25, 0.3) is 0 Å². The first kappa shape index (κ1) is 27.2. The van der Waals surface area contributed by atoms with Crippen molar-refractivity contribution in [2.45, 2.75) is 69.0 Å². The zero-order chi connectivity index (χ0) is 23.4. The zero-order valence-corrected chi connectivity index (χ0v) is 17.2. The molecule has 0 aromatic rings. The number of carbonyl (C=O) groups excluding carboxylic acids is 3. The molecule has 0 aromatic heterocycles. The van der Waals surface area contributed by atoms with Crippen molar-refractivity contribution >= 4 is 18.3 Å². The third-order valence-corrected chi connectivity index (χ3v) is 4.43. The molecular weight excluding hydrogens is 422 g/mol. The van der Waals surface area contributed by atoms with E-state index in [1.165, 1.54) is 0 Å². The van der Waals surface area contributed by atoms with Gasteiger partial charge in [-0.2, -0.15) is 0 Å². The summed E-state index contributed by atoms with van der Waals surface area (Å²) in [5.74, 6) is -3.98. The third kappa shape index (κ3) is 9.03. The molecule has 0 bridgehead atoms. The molecule has 6 atom stereocenters. The first-order valence-corrected chi connectivity index (χ1v) is 9.86. The van der Waals surface area contributed by atoms with E-state index in [0.29, 0.717) is 6.61 Å². The lowest BCUT2D eigenvalue weighted by molar-refractivity contribution is -0.393. The number of hydrogen-bond donors (Lipinski definition) is 6. The number of esters is 1. The van der Waals surface area contributed by atoms with Gasteiger partial charge >= 0.3 is 11.9 Å². The Kier molecular flexibility index (Phi) is 11.8. The Bertz CT molecular complexity index is 576. The lowest BCUT2D eigenvalue weighted by Gasteiger charge is -2.45. The molecule has 1 amide bonds. The number of aliphatic hydroxyl groups is 5. The molecule has 13 nitrogen and oxygen atoms in total. The molecule has 180 valence electrons.